The van der Waals surface area contributed by atoms with Gasteiger partial charge in [0.05, 0.1) is 0 Å². The van der Waals surface area contributed by atoms with Crippen LogP contribution in [0.2, 0.25) is 0 Å². The summed E-state index contributed by atoms with van der Waals surface area (Å²) in [5.41, 5.74) is 5.15. The Hall–Kier alpha value is -2.40. The lowest BCUT2D eigenvalue weighted by Crippen LogP contribution is -2.34. The average molecular weight is 331 g/mol. The van der Waals surface area contributed by atoms with Gasteiger partial charge in [-0.05, 0) is 34.8 Å². The second-order valence-corrected chi connectivity index (χ2v) is 6.31. The first-order valence-corrected chi connectivity index (χ1v) is 8.40. The molecule has 126 valence electrons. The number of hydrogen-bond donors (Lipinski definition) is 2. The van der Waals surface area contributed by atoms with Crippen molar-refractivity contribution in [2.24, 2.45) is 0 Å². The van der Waals surface area contributed by atoms with Gasteiger partial charge >= 0.3 is 7.12 Å². The van der Waals surface area contributed by atoms with Crippen LogP contribution >= 0.6 is 0 Å². The van der Waals surface area contributed by atoms with Crippen LogP contribution in [-0.4, -0.2) is 29.1 Å². The molecule has 25 heavy (non-hydrogen) atoms. The summed E-state index contributed by atoms with van der Waals surface area (Å²) < 4.78 is 0. The monoisotopic (exact) mass is 331 g/mol. The van der Waals surface area contributed by atoms with E-state index in [1.165, 1.54) is 16.7 Å². The highest BCUT2D eigenvalue weighted by Gasteiger charge is 2.16. The third-order valence-electron chi connectivity index (χ3n) is 4.29. The Morgan fingerprint density at radius 2 is 1.32 bits per heavy atom. The summed E-state index contributed by atoms with van der Waals surface area (Å²) in [6.07, 6.45) is 0. The number of hydrogen-bond acceptors (Lipinski definition) is 3. The molecule has 3 aromatic carbocycles. The predicted molar refractivity (Wildman–Crippen MR) is 103 cm³/mol. The smallest absolute Gasteiger partial charge is 0.423 e. The van der Waals surface area contributed by atoms with Crippen LogP contribution in [0.15, 0.2) is 78.9 Å². The van der Waals surface area contributed by atoms with E-state index in [1.807, 2.05) is 43.4 Å². The summed E-state index contributed by atoms with van der Waals surface area (Å²) in [6.45, 7) is 1.46. The summed E-state index contributed by atoms with van der Waals surface area (Å²) in [5.74, 6) is 0. The van der Waals surface area contributed by atoms with Gasteiger partial charge in [0.25, 0.3) is 0 Å². The first-order valence-electron chi connectivity index (χ1n) is 8.40. The molecule has 0 aromatic heterocycles. The molecule has 0 radical (unpaired) electrons. The van der Waals surface area contributed by atoms with Crippen molar-refractivity contribution in [3.05, 3.63) is 90.0 Å². The van der Waals surface area contributed by atoms with Gasteiger partial charge in [0.15, 0.2) is 0 Å². The van der Waals surface area contributed by atoms with Crippen molar-refractivity contribution in [2.75, 3.05) is 7.05 Å². The Morgan fingerprint density at radius 1 is 0.720 bits per heavy atom. The standard InChI is InChI=1S/C21H22BNO2/c1-23(16-20-9-5-6-10-21(20)22(24)25)15-17-11-13-19(14-12-17)18-7-3-2-4-8-18/h2-14,24-25H,15-16H2,1H3. The fraction of sp³-hybridized carbons (Fsp3) is 0.143. The molecule has 0 bridgehead atoms. The lowest BCUT2D eigenvalue weighted by Gasteiger charge is -2.19. The summed E-state index contributed by atoms with van der Waals surface area (Å²) in [4.78, 5) is 2.17. The molecule has 0 heterocycles. The van der Waals surface area contributed by atoms with Gasteiger partial charge in [-0.15, -0.1) is 0 Å². The van der Waals surface area contributed by atoms with E-state index >= 15 is 0 Å². The molecule has 3 rings (SSSR count). The summed E-state index contributed by atoms with van der Waals surface area (Å²) in [5, 5.41) is 19.0. The Kier molecular flexibility index (Phi) is 5.66. The highest BCUT2D eigenvalue weighted by molar-refractivity contribution is 6.59. The van der Waals surface area contributed by atoms with Crippen LogP contribution in [0.25, 0.3) is 11.1 Å². The second kappa shape index (κ2) is 8.12. The minimum Gasteiger partial charge on any atom is -0.423 e. The van der Waals surface area contributed by atoms with E-state index in [-0.39, 0.29) is 0 Å². The molecule has 0 saturated heterocycles. The van der Waals surface area contributed by atoms with E-state index in [0.717, 1.165) is 12.1 Å². The molecule has 0 unspecified atom stereocenters. The van der Waals surface area contributed by atoms with Gasteiger partial charge in [-0.1, -0.05) is 78.9 Å². The first kappa shape index (κ1) is 17.4. The van der Waals surface area contributed by atoms with E-state index in [0.29, 0.717) is 12.0 Å². The zero-order valence-corrected chi connectivity index (χ0v) is 14.3. The van der Waals surface area contributed by atoms with E-state index in [2.05, 4.69) is 41.3 Å². The van der Waals surface area contributed by atoms with Crippen LogP contribution in [-0.2, 0) is 13.1 Å². The zero-order valence-electron chi connectivity index (χ0n) is 14.3. The molecular formula is C21H22BNO2. The molecule has 0 fully saturated rings. The molecule has 0 aliphatic heterocycles. The maximum atomic E-state index is 9.48. The van der Waals surface area contributed by atoms with E-state index < -0.39 is 7.12 Å². The van der Waals surface area contributed by atoms with E-state index in [9.17, 15) is 10.0 Å². The molecule has 2 N–H and O–H groups in total. The fourth-order valence-corrected chi connectivity index (χ4v) is 3.02. The minimum absolute atomic E-state index is 0.564. The van der Waals surface area contributed by atoms with Crippen LogP contribution < -0.4 is 5.46 Å². The van der Waals surface area contributed by atoms with Crippen molar-refractivity contribution >= 4 is 12.6 Å². The molecule has 0 atom stereocenters. The van der Waals surface area contributed by atoms with E-state index in [1.54, 1.807) is 6.07 Å². The lowest BCUT2D eigenvalue weighted by molar-refractivity contribution is 0.319. The second-order valence-electron chi connectivity index (χ2n) is 6.31. The van der Waals surface area contributed by atoms with Gasteiger partial charge in [-0.25, -0.2) is 0 Å². The summed E-state index contributed by atoms with van der Waals surface area (Å²) >= 11 is 0. The highest BCUT2D eigenvalue weighted by atomic mass is 16.4. The van der Waals surface area contributed by atoms with Crippen LogP contribution in [0.5, 0.6) is 0 Å². The minimum atomic E-state index is -1.44. The molecular weight excluding hydrogens is 309 g/mol. The molecule has 3 aromatic rings. The third kappa shape index (κ3) is 4.57. The van der Waals surface area contributed by atoms with E-state index in [4.69, 9.17) is 0 Å². The SMILES string of the molecule is CN(Cc1ccc(-c2ccccc2)cc1)Cc1ccccc1B(O)O. The van der Waals surface area contributed by atoms with Crippen molar-refractivity contribution < 1.29 is 10.0 Å². The van der Waals surface area contributed by atoms with Gasteiger partial charge in [0, 0.05) is 13.1 Å². The molecule has 0 aliphatic carbocycles. The van der Waals surface area contributed by atoms with Crippen molar-refractivity contribution in [3.8, 4) is 11.1 Å². The number of nitrogens with zero attached hydrogens (tertiary/aromatic N) is 1. The van der Waals surface area contributed by atoms with Crippen LogP contribution in [0.1, 0.15) is 11.1 Å². The van der Waals surface area contributed by atoms with Gasteiger partial charge < -0.3 is 10.0 Å². The van der Waals surface area contributed by atoms with Gasteiger partial charge in [-0.2, -0.15) is 0 Å². The average Bonchev–Trinajstić information content (AvgIpc) is 2.63. The van der Waals surface area contributed by atoms with Crippen LogP contribution in [0, 0.1) is 0 Å². The highest BCUT2D eigenvalue weighted by Crippen LogP contribution is 2.19. The summed E-state index contributed by atoms with van der Waals surface area (Å²) in [6, 6.07) is 26.3. The normalized spacial score (nSPS) is 10.9. The number of benzene rings is 3. The van der Waals surface area contributed by atoms with Crippen molar-refractivity contribution in [2.45, 2.75) is 13.1 Å². The van der Waals surface area contributed by atoms with Gasteiger partial charge in [0.2, 0.25) is 0 Å². The molecule has 3 nitrogen and oxygen atoms in total. The molecule has 0 aliphatic rings. The molecule has 0 saturated carbocycles. The molecule has 0 spiro atoms. The van der Waals surface area contributed by atoms with Crippen molar-refractivity contribution in [1.82, 2.24) is 4.90 Å². The third-order valence-corrected chi connectivity index (χ3v) is 4.29. The fourth-order valence-electron chi connectivity index (χ4n) is 3.02. The van der Waals surface area contributed by atoms with Gasteiger partial charge in [-0.3, -0.25) is 4.90 Å². The van der Waals surface area contributed by atoms with Crippen LogP contribution in [0.3, 0.4) is 0 Å². The Morgan fingerprint density at radius 3 is 2.00 bits per heavy atom. The van der Waals surface area contributed by atoms with Crippen LogP contribution in [0.4, 0.5) is 0 Å². The topological polar surface area (TPSA) is 43.7 Å². The zero-order chi connectivity index (χ0) is 17.6. The first-order chi connectivity index (χ1) is 12.1. The Bertz CT molecular complexity index is 804. The quantitative estimate of drug-likeness (QED) is 0.683. The maximum Gasteiger partial charge on any atom is 0.488 e. The Labute approximate surface area is 149 Å². The maximum absolute atomic E-state index is 9.48. The largest absolute Gasteiger partial charge is 0.488 e. The lowest BCUT2D eigenvalue weighted by atomic mass is 9.77. The van der Waals surface area contributed by atoms with Crippen molar-refractivity contribution in [3.63, 3.8) is 0 Å². The Balaban J connectivity index is 1.66. The molecule has 0 amide bonds. The predicted octanol–water partition coefficient (Wildman–Crippen LogP) is 2.67. The van der Waals surface area contributed by atoms with Crippen molar-refractivity contribution in [1.29, 1.82) is 0 Å². The summed E-state index contributed by atoms with van der Waals surface area (Å²) in [7, 11) is 0.598. The van der Waals surface area contributed by atoms with Gasteiger partial charge in [0.1, 0.15) is 0 Å². The number of rotatable bonds is 6. The molecule has 4 heteroatoms.